The van der Waals surface area contributed by atoms with Crippen LogP contribution in [0.15, 0.2) is 51.0 Å². The van der Waals surface area contributed by atoms with E-state index >= 15 is 0 Å². The van der Waals surface area contributed by atoms with Crippen LogP contribution >= 0.6 is 0 Å². The van der Waals surface area contributed by atoms with Gasteiger partial charge in [0.1, 0.15) is 0 Å². The van der Waals surface area contributed by atoms with Crippen LogP contribution in [0, 0.1) is 0 Å². The summed E-state index contributed by atoms with van der Waals surface area (Å²) < 4.78 is 29.4. The fraction of sp³-hybridized carbons (Fsp3) is 0.375. The molecule has 1 aliphatic heterocycles. The van der Waals surface area contributed by atoms with Crippen molar-refractivity contribution in [2.75, 3.05) is 6.54 Å². The van der Waals surface area contributed by atoms with Crippen molar-refractivity contribution >= 4 is 10.0 Å². The lowest BCUT2D eigenvalue weighted by Gasteiger charge is -2.24. The molecular formula is C16H19N3O4S. The van der Waals surface area contributed by atoms with Crippen LogP contribution in [-0.2, 0) is 24.1 Å². The lowest BCUT2D eigenvalue weighted by molar-refractivity contribution is 0.394. The molecule has 1 atom stereocenters. The van der Waals surface area contributed by atoms with Crippen molar-refractivity contribution in [3.63, 3.8) is 0 Å². The molecule has 0 N–H and O–H groups in total. The van der Waals surface area contributed by atoms with Crippen molar-refractivity contribution in [1.82, 2.24) is 13.4 Å². The Kier molecular flexibility index (Phi) is 4.18. The van der Waals surface area contributed by atoms with Gasteiger partial charge in [-0.1, -0.05) is 30.3 Å². The number of aromatic nitrogens is 2. The summed E-state index contributed by atoms with van der Waals surface area (Å²) in [6.07, 6.45) is 2.54. The van der Waals surface area contributed by atoms with Crippen molar-refractivity contribution < 1.29 is 8.42 Å². The zero-order chi connectivity index (χ0) is 17.5. The van der Waals surface area contributed by atoms with E-state index in [2.05, 4.69) is 0 Å². The molecule has 24 heavy (non-hydrogen) atoms. The zero-order valence-corrected chi connectivity index (χ0v) is 14.4. The molecule has 7 nitrogen and oxygen atoms in total. The number of nitrogens with zero attached hydrogens (tertiary/aromatic N) is 3. The van der Waals surface area contributed by atoms with Crippen LogP contribution in [-0.4, -0.2) is 28.4 Å². The molecule has 0 radical (unpaired) electrons. The fourth-order valence-corrected chi connectivity index (χ4v) is 4.95. The molecule has 0 aliphatic carbocycles. The van der Waals surface area contributed by atoms with Gasteiger partial charge in [-0.2, -0.15) is 4.31 Å². The SMILES string of the molecule is Cn1cc(S(=O)(=O)N2CCCC2c2ccccc2)c(=O)n(C)c1=O. The maximum atomic E-state index is 13.1. The second-order valence-electron chi connectivity index (χ2n) is 5.94. The largest absolute Gasteiger partial charge is 0.330 e. The lowest BCUT2D eigenvalue weighted by atomic mass is 10.1. The molecule has 0 saturated carbocycles. The second-order valence-corrected chi connectivity index (χ2v) is 7.79. The highest BCUT2D eigenvalue weighted by Crippen LogP contribution is 2.35. The maximum Gasteiger partial charge on any atom is 0.330 e. The summed E-state index contributed by atoms with van der Waals surface area (Å²) >= 11 is 0. The van der Waals surface area contributed by atoms with Crippen molar-refractivity contribution in [2.24, 2.45) is 14.1 Å². The second kappa shape index (κ2) is 6.03. The summed E-state index contributed by atoms with van der Waals surface area (Å²) in [5, 5.41) is 0. The van der Waals surface area contributed by atoms with Gasteiger partial charge in [-0.05, 0) is 18.4 Å². The van der Waals surface area contributed by atoms with Crippen LogP contribution < -0.4 is 11.2 Å². The molecule has 1 saturated heterocycles. The molecule has 8 heteroatoms. The Bertz CT molecular complexity index is 977. The van der Waals surface area contributed by atoms with Gasteiger partial charge in [0.2, 0.25) is 0 Å². The highest BCUT2D eigenvalue weighted by Gasteiger charge is 2.38. The van der Waals surface area contributed by atoms with Gasteiger partial charge in [0.15, 0.2) is 4.90 Å². The van der Waals surface area contributed by atoms with Gasteiger partial charge in [-0.25, -0.2) is 13.2 Å². The number of rotatable bonds is 3. The first-order valence-electron chi connectivity index (χ1n) is 7.67. The lowest BCUT2D eigenvalue weighted by Crippen LogP contribution is -2.42. The smallest absolute Gasteiger partial charge is 0.302 e. The minimum atomic E-state index is -3.99. The van der Waals surface area contributed by atoms with Gasteiger partial charge < -0.3 is 4.57 Å². The third-order valence-corrected chi connectivity index (χ3v) is 6.28. The molecule has 1 aliphatic rings. The van der Waals surface area contributed by atoms with Gasteiger partial charge in [0.25, 0.3) is 15.6 Å². The van der Waals surface area contributed by atoms with Crippen LogP contribution in [0.5, 0.6) is 0 Å². The average molecular weight is 349 g/mol. The van der Waals surface area contributed by atoms with E-state index in [4.69, 9.17) is 0 Å². The van der Waals surface area contributed by atoms with Gasteiger partial charge in [0, 0.05) is 26.8 Å². The molecule has 0 bridgehead atoms. The fourth-order valence-electron chi connectivity index (χ4n) is 3.11. The number of aryl methyl sites for hydroxylation is 1. The van der Waals surface area contributed by atoms with Gasteiger partial charge in [0.05, 0.1) is 6.04 Å². The van der Waals surface area contributed by atoms with E-state index < -0.39 is 21.3 Å². The van der Waals surface area contributed by atoms with Crippen molar-refractivity contribution in [2.45, 2.75) is 23.8 Å². The standard InChI is InChI=1S/C16H19N3O4S/c1-17-11-14(15(20)18(2)16(17)21)24(22,23)19-10-6-9-13(19)12-7-4-3-5-8-12/h3-5,7-8,11,13H,6,9-10H2,1-2H3. The molecule has 1 fully saturated rings. The Labute approximate surface area is 139 Å². The van der Waals surface area contributed by atoms with Crippen LogP contribution in [0.25, 0.3) is 0 Å². The Balaban J connectivity index is 2.12. The first kappa shape index (κ1) is 16.7. The summed E-state index contributed by atoms with van der Waals surface area (Å²) in [6.45, 7) is 0.355. The van der Waals surface area contributed by atoms with E-state index in [-0.39, 0.29) is 10.9 Å². The summed E-state index contributed by atoms with van der Waals surface area (Å²) in [5.41, 5.74) is -0.447. The maximum absolute atomic E-state index is 13.1. The van der Waals surface area contributed by atoms with Crippen molar-refractivity contribution in [1.29, 1.82) is 0 Å². The van der Waals surface area contributed by atoms with Crippen molar-refractivity contribution in [3.05, 3.63) is 62.9 Å². The van der Waals surface area contributed by atoms with Crippen LogP contribution in [0.3, 0.4) is 0 Å². The van der Waals surface area contributed by atoms with Crippen molar-refractivity contribution in [3.8, 4) is 0 Å². The third kappa shape index (κ3) is 2.61. The van der Waals surface area contributed by atoms with E-state index in [1.807, 2.05) is 30.3 Å². The minimum Gasteiger partial charge on any atom is -0.302 e. The molecule has 1 aromatic carbocycles. The van der Waals surface area contributed by atoms with E-state index in [1.54, 1.807) is 0 Å². The Morgan fingerprint density at radius 2 is 1.75 bits per heavy atom. The Morgan fingerprint density at radius 3 is 2.42 bits per heavy atom. The topological polar surface area (TPSA) is 81.4 Å². The van der Waals surface area contributed by atoms with Gasteiger partial charge in [-0.3, -0.25) is 9.36 Å². The minimum absolute atomic E-state index is 0.293. The summed E-state index contributed by atoms with van der Waals surface area (Å²) in [4.78, 5) is 23.8. The first-order valence-corrected chi connectivity index (χ1v) is 9.11. The van der Waals surface area contributed by atoms with Crippen LogP contribution in [0.2, 0.25) is 0 Å². The number of hydrogen-bond donors (Lipinski definition) is 0. The zero-order valence-electron chi connectivity index (χ0n) is 13.5. The van der Waals surface area contributed by atoms with Gasteiger partial charge in [-0.15, -0.1) is 0 Å². The summed E-state index contributed by atoms with van der Waals surface area (Å²) in [5.74, 6) is 0. The molecular weight excluding hydrogens is 330 g/mol. The van der Waals surface area contributed by atoms with E-state index in [1.165, 1.54) is 18.4 Å². The molecule has 1 aromatic heterocycles. The summed E-state index contributed by atoms with van der Waals surface area (Å²) in [6, 6.07) is 9.08. The molecule has 0 spiro atoms. The number of hydrogen-bond acceptors (Lipinski definition) is 4. The summed E-state index contributed by atoms with van der Waals surface area (Å²) in [7, 11) is -1.28. The van der Waals surface area contributed by atoms with E-state index in [9.17, 15) is 18.0 Å². The monoisotopic (exact) mass is 349 g/mol. The normalized spacial score (nSPS) is 18.8. The van der Waals surface area contributed by atoms with E-state index in [0.29, 0.717) is 13.0 Å². The first-order chi connectivity index (χ1) is 11.3. The predicted octanol–water partition coefficient (Wildman–Crippen LogP) is 0.610. The number of benzene rings is 1. The molecule has 3 rings (SSSR count). The number of sulfonamides is 1. The van der Waals surface area contributed by atoms with E-state index in [0.717, 1.165) is 27.3 Å². The molecule has 0 amide bonds. The van der Waals surface area contributed by atoms with Crippen LogP contribution in [0.1, 0.15) is 24.4 Å². The highest BCUT2D eigenvalue weighted by atomic mass is 32.2. The Morgan fingerprint density at radius 1 is 1.08 bits per heavy atom. The average Bonchev–Trinajstić information content (AvgIpc) is 3.07. The molecule has 1 unspecified atom stereocenters. The van der Waals surface area contributed by atoms with Gasteiger partial charge >= 0.3 is 5.69 Å². The molecule has 2 aromatic rings. The quantitative estimate of drug-likeness (QED) is 0.813. The van der Waals surface area contributed by atoms with Crippen LogP contribution in [0.4, 0.5) is 0 Å². The molecule has 2 heterocycles. The third-order valence-electron chi connectivity index (χ3n) is 4.39. The predicted molar refractivity (Wildman–Crippen MR) is 89.2 cm³/mol. The molecule has 128 valence electrons. The highest BCUT2D eigenvalue weighted by molar-refractivity contribution is 7.89. The Hall–Kier alpha value is -2.19.